The zero-order valence-electron chi connectivity index (χ0n) is 18.2. The van der Waals surface area contributed by atoms with Gasteiger partial charge in [-0.05, 0) is 12.1 Å². The second kappa shape index (κ2) is 8.79. The van der Waals surface area contributed by atoms with Crippen molar-refractivity contribution in [2.24, 2.45) is 5.16 Å². The number of carboxylic acid groups (broad SMARTS) is 1. The van der Waals surface area contributed by atoms with Gasteiger partial charge in [0.25, 0.3) is 17.8 Å². The Kier molecular flexibility index (Phi) is 5.64. The van der Waals surface area contributed by atoms with Crippen LogP contribution in [0.2, 0.25) is 0 Å². The van der Waals surface area contributed by atoms with Gasteiger partial charge in [-0.2, -0.15) is 9.55 Å². The maximum atomic E-state index is 13.0. The number of hydrogen-bond acceptors (Lipinski definition) is 10. The van der Waals surface area contributed by atoms with Crippen molar-refractivity contribution in [3.63, 3.8) is 0 Å². The molecule has 2 amide bonds. The number of fused-ring (bicyclic) bond motifs is 2. The molecule has 0 spiro atoms. The van der Waals surface area contributed by atoms with Crippen molar-refractivity contribution in [1.29, 1.82) is 0 Å². The lowest BCUT2D eigenvalue weighted by Gasteiger charge is -2.49. The van der Waals surface area contributed by atoms with Gasteiger partial charge in [-0.3, -0.25) is 14.5 Å². The first kappa shape index (κ1) is 22.5. The van der Waals surface area contributed by atoms with Crippen molar-refractivity contribution in [2.45, 2.75) is 18.0 Å². The van der Waals surface area contributed by atoms with Crippen molar-refractivity contribution in [3.05, 3.63) is 53.9 Å². The summed E-state index contributed by atoms with van der Waals surface area (Å²) in [6, 6.07) is 4.39. The summed E-state index contributed by atoms with van der Waals surface area (Å²) < 4.78 is 12.2. The van der Waals surface area contributed by atoms with E-state index in [-0.39, 0.29) is 29.7 Å². The number of pyridine rings is 1. The van der Waals surface area contributed by atoms with Gasteiger partial charge in [0.1, 0.15) is 36.2 Å². The van der Waals surface area contributed by atoms with Crippen LogP contribution >= 0.6 is 11.8 Å². The Morgan fingerprint density at radius 2 is 2.26 bits per heavy atom. The van der Waals surface area contributed by atoms with Crippen LogP contribution in [0.25, 0.3) is 11.1 Å². The minimum atomic E-state index is -1.23. The molecule has 0 aromatic carbocycles. The maximum Gasteiger partial charge on any atom is 0.380 e. The van der Waals surface area contributed by atoms with E-state index in [1.165, 1.54) is 23.8 Å². The van der Waals surface area contributed by atoms with Crippen molar-refractivity contribution < 1.29 is 37.7 Å². The number of nitrogens with zero attached hydrogens (tertiary/aromatic N) is 4. The van der Waals surface area contributed by atoms with Gasteiger partial charge in [-0.25, -0.2) is 4.79 Å². The number of oxime groups is 1. The Bertz CT molecular complexity index is 1410. The number of amides is 2. The molecule has 35 heavy (non-hydrogen) atoms. The third-order valence-corrected chi connectivity index (χ3v) is 6.88. The number of carbonyl (C=O) groups is 3. The molecular formula is C21H19N6O7S+. The molecule has 5 heterocycles. The fourth-order valence-corrected chi connectivity index (χ4v) is 5.36. The first-order valence-corrected chi connectivity index (χ1v) is 11.3. The number of thioether (sulfide) groups is 1. The average molecular weight is 499 g/mol. The van der Waals surface area contributed by atoms with Gasteiger partial charge < -0.3 is 29.8 Å². The Morgan fingerprint density at radius 3 is 2.97 bits per heavy atom. The van der Waals surface area contributed by atoms with E-state index in [0.717, 1.165) is 11.6 Å². The molecule has 1 fully saturated rings. The average Bonchev–Trinajstić information content (AvgIpc) is 3.49. The highest BCUT2D eigenvalue weighted by molar-refractivity contribution is 8.00. The maximum absolute atomic E-state index is 13.0. The number of oxazole rings is 1. The minimum Gasteiger partial charge on any atom is -0.477 e. The molecule has 1 unspecified atom stereocenters. The number of hydrogen-bond donors (Lipinski definition) is 3. The molecule has 0 bridgehead atoms. The molecule has 2 aliphatic rings. The van der Waals surface area contributed by atoms with E-state index in [2.05, 4.69) is 15.5 Å². The summed E-state index contributed by atoms with van der Waals surface area (Å²) in [5, 5.41) is 16.4. The Balaban J connectivity index is 1.38. The highest BCUT2D eigenvalue weighted by Crippen LogP contribution is 2.40. The first-order chi connectivity index (χ1) is 16.9. The lowest BCUT2D eigenvalue weighted by molar-refractivity contribution is -0.669. The van der Waals surface area contributed by atoms with Crippen molar-refractivity contribution >= 4 is 52.4 Å². The standard InChI is InChI=1S/C21H18N6O7S/c1-32-25-13(12-8-34-21(22)23-12)16(28)24-14-17(29)27-15(20(30)31)11(9-35-19(14)27)7-26-5-2-3-10-4-6-33-18(10)26/h2-6,8,14,19H,7,9H2,1H3,(H3-,22,23,24,28,30,31)/p+1/b25-13-/t14?,19-/m1/s1. The molecule has 0 radical (unpaired) electrons. The summed E-state index contributed by atoms with van der Waals surface area (Å²) in [7, 11) is 1.25. The molecule has 2 atom stereocenters. The summed E-state index contributed by atoms with van der Waals surface area (Å²) in [5.74, 6) is -2.19. The molecule has 3 aromatic rings. The summed E-state index contributed by atoms with van der Waals surface area (Å²) in [4.78, 5) is 47.7. The number of aliphatic carboxylic acids is 1. The molecule has 14 heteroatoms. The second-order valence-electron chi connectivity index (χ2n) is 7.63. The van der Waals surface area contributed by atoms with E-state index in [1.807, 2.05) is 18.2 Å². The van der Waals surface area contributed by atoms with E-state index < -0.39 is 29.2 Å². The van der Waals surface area contributed by atoms with Gasteiger partial charge in [0.05, 0.1) is 11.6 Å². The molecule has 1 saturated heterocycles. The van der Waals surface area contributed by atoms with E-state index in [9.17, 15) is 19.5 Å². The van der Waals surface area contributed by atoms with Gasteiger partial charge in [0.2, 0.25) is 0 Å². The molecule has 5 rings (SSSR count). The number of nitrogens with two attached hydrogens (primary N) is 1. The largest absolute Gasteiger partial charge is 0.477 e. The molecule has 180 valence electrons. The van der Waals surface area contributed by atoms with Crippen LogP contribution in [0.5, 0.6) is 0 Å². The Morgan fingerprint density at radius 1 is 1.43 bits per heavy atom. The van der Waals surface area contributed by atoms with Gasteiger partial charge >= 0.3 is 11.7 Å². The van der Waals surface area contributed by atoms with Crippen LogP contribution in [0.1, 0.15) is 5.69 Å². The van der Waals surface area contributed by atoms with E-state index in [0.29, 0.717) is 17.0 Å². The number of nitrogen functional groups attached to an aromatic ring is 1. The van der Waals surface area contributed by atoms with Crippen LogP contribution in [0.15, 0.2) is 62.2 Å². The number of anilines is 1. The van der Waals surface area contributed by atoms with E-state index in [1.54, 1.807) is 17.0 Å². The van der Waals surface area contributed by atoms with Crippen LogP contribution in [-0.4, -0.2) is 62.8 Å². The number of carbonyl (C=O) groups excluding carboxylic acids is 2. The van der Waals surface area contributed by atoms with Crippen molar-refractivity contribution in [3.8, 4) is 0 Å². The van der Waals surface area contributed by atoms with Crippen LogP contribution in [-0.2, 0) is 25.8 Å². The van der Waals surface area contributed by atoms with Gasteiger partial charge in [0, 0.05) is 17.4 Å². The number of nitrogens with one attached hydrogen (secondary N) is 1. The van der Waals surface area contributed by atoms with Gasteiger partial charge in [-0.1, -0.05) is 5.16 Å². The number of carboxylic acids is 1. The second-order valence-corrected chi connectivity index (χ2v) is 8.73. The zero-order chi connectivity index (χ0) is 24.7. The predicted octanol–water partition coefficient (Wildman–Crippen LogP) is 0.0798. The first-order valence-electron chi connectivity index (χ1n) is 10.3. The summed E-state index contributed by atoms with van der Waals surface area (Å²) in [5.41, 5.74) is 6.29. The fraction of sp³-hybridized carbons (Fsp3) is 0.238. The summed E-state index contributed by atoms with van der Waals surface area (Å²) in [6.45, 7) is 0.227. The van der Waals surface area contributed by atoms with Crippen LogP contribution in [0.4, 0.5) is 6.01 Å². The predicted molar refractivity (Wildman–Crippen MR) is 121 cm³/mol. The highest BCUT2D eigenvalue weighted by atomic mass is 32.2. The topological polar surface area (TPSA) is 177 Å². The highest BCUT2D eigenvalue weighted by Gasteiger charge is 2.55. The van der Waals surface area contributed by atoms with Gasteiger partial charge in [0.15, 0.2) is 18.5 Å². The lowest BCUT2D eigenvalue weighted by Crippen LogP contribution is -2.71. The van der Waals surface area contributed by atoms with Crippen molar-refractivity contribution in [1.82, 2.24) is 15.2 Å². The zero-order valence-corrected chi connectivity index (χ0v) is 19.0. The minimum absolute atomic E-state index is 0.0271. The molecule has 0 saturated carbocycles. The molecule has 13 nitrogen and oxygen atoms in total. The number of aromatic nitrogens is 2. The Hall–Kier alpha value is -4.33. The Labute approximate surface area is 201 Å². The lowest BCUT2D eigenvalue weighted by atomic mass is 10.0. The van der Waals surface area contributed by atoms with Crippen LogP contribution < -0.4 is 15.6 Å². The van der Waals surface area contributed by atoms with Crippen molar-refractivity contribution in [2.75, 3.05) is 18.6 Å². The summed E-state index contributed by atoms with van der Waals surface area (Å²) in [6.07, 6.45) is 4.47. The smallest absolute Gasteiger partial charge is 0.380 e. The monoisotopic (exact) mass is 499 g/mol. The van der Waals surface area contributed by atoms with Crippen LogP contribution in [0.3, 0.4) is 0 Å². The number of β-lactam (4-membered cyclic amide) rings is 1. The number of furan rings is 1. The third kappa shape index (κ3) is 3.86. The number of rotatable bonds is 7. The molecular weight excluding hydrogens is 480 g/mol. The normalized spacial score (nSPS) is 20.0. The SMILES string of the molecule is CO/N=C(\C(=O)NC1C(=O)N2C(C(=O)O)=C(C[n+]3cccc4ccoc43)CS[C@H]12)c1coc(N)n1. The molecule has 2 aliphatic heterocycles. The summed E-state index contributed by atoms with van der Waals surface area (Å²) >= 11 is 1.35. The molecule has 4 N–H and O–H groups in total. The third-order valence-electron chi connectivity index (χ3n) is 5.54. The van der Waals surface area contributed by atoms with E-state index >= 15 is 0 Å². The molecule has 3 aromatic heterocycles. The van der Waals surface area contributed by atoms with E-state index in [4.69, 9.17) is 19.4 Å². The fourth-order valence-electron chi connectivity index (χ4n) is 4.03. The quantitative estimate of drug-likeness (QED) is 0.175. The van der Waals surface area contributed by atoms with Crippen LogP contribution in [0, 0.1) is 0 Å². The van der Waals surface area contributed by atoms with Gasteiger partial charge in [-0.15, -0.1) is 11.8 Å². The molecule has 0 aliphatic carbocycles.